The van der Waals surface area contributed by atoms with Crippen molar-refractivity contribution in [1.82, 2.24) is 0 Å². The second-order valence-electron chi connectivity index (χ2n) is 4.44. The van der Waals surface area contributed by atoms with E-state index in [4.69, 9.17) is 34.8 Å². The van der Waals surface area contributed by atoms with Gasteiger partial charge in [-0.25, -0.2) is 0 Å². The zero-order valence-electron chi connectivity index (χ0n) is 10.8. The number of benzene rings is 1. The molecule has 1 aromatic carbocycles. The van der Waals surface area contributed by atoms with E-state index >= 15 is 0 Å². The molecule has 0 radical (unpaired) electrons. The molecule has 1 aromatic rings. The molecule has 1 fully saturated rings. The fourth-order valence-corrected chi connectivity index (χ4v) is 4.31. The quantitative estimate of drug-likeness (QED) is 0.473. The molecule has 0 aliphatic heterocycles. The van der Waals surface area contributed by atoms with E-state index in [9.17, 15) is 4.79 Å². The molecule has 19 heavy (non-hydrogen) atoms. The van der Waals surface area contributed by atoms with Gasteiger partial charge in [-0.1, -0.05) is 66.9 Å². The Morgan fingerprint density at radius 1 is 1.05 bits per heavy atom. The van der Waals surface area contributed by atoms with Crippen molar-refractivity contribution in [3.8, 4) is 0 Å². The van der Waals surface area contributed by atoms with Gasteiger partial charge in [-0.2, -0.15) is 5.66 Å². The van der Waals surface area contributed by atoms with E-state index in [2.05, 4.69) is 0 Å². The molecule has 1 nitrogen and oxygen atoms in total. The maximum atomic E-state index is 12.3. The summed E-state index contributed by atoms with van der Waals surface area (Å²) in [6, 6.07) is 3.24. The van der Waals surface area contributed by atoms with Crippen LogP contribution in [-0.2, 0) is 0 Å². The minimum Gasteiger partial charge on any atom is -0.456 e. The Morgan fingerprint density at radius 2 is 1.63 bits per heavy atom. The molecule has 1 saturated carbocycles. The minimum atomic E-state index is -0.0144. The average Bonchev–Trinajstić information content (AvgIpc) is 2.36. The average molecular weight is 330 g/mol. The van der Waals surface area contributed by atoms with Crippen molar-refractivity contribution in [3.05, 3.63) is 32.8 Å². The summed E-state index contributed by atoms with van der Waals surface area (Å²) < 4.78 is 0. The van der Waals surface area contributed by atoms with Crippen LogP contribution in [0.2, 0.25) is 15.1 Å². The summed E-state index contributed by atoms with van der Waals surface area (Å²) in [7, 11) is 0.800. The summed E-state index contributed by atoms with van der Waals surface area (Å²) in [6.07, 6.45) is 5.93. The molecule has 0 unspecified atom stereocenters. The minimum absolute atomic E-state index is 0. The van der Waals surface area contributed by atoms with Crippen molar-refractivity contribution < 1.29 is 23.7 Å². The first-order valence-corrected chi connectivity index (χ1v) is 8.08. The van der Waals surface area contributed by atoms with Gasteiger partial charge in [0, 0.05) is 11.1 Å². The SMILES string of the molecule is O=C([P-]C1CCCCC1)c1c(Cl)ccc(Cl)c1Cl.[Li+]. The van der Waals surface area contributed by atoms with Gasteiger partial charge in [0.15, 0.2) is 0 Å². The summed E-state index contributed by atoms with van der Waals surface area (Å²) >= 11 is 18.0. The number of hydrogen-bond acceptors (Lipinski definition) is 1. The van der Waals surface area contributed by atoms with E-state index in [0.29, 0.717) is 21.3 Å². The van der Waals surface area contributed by atoms with Crippen molar-refractivity contribution in [2.45, 2.75) is 37.8 Å². The van der Waals surface area contributed by atoms with Crippen LogP contribution in [0, 0.1) is 0 Å². The van der Waals surface area contributed by atoms with E-state index in [-0.39, 0.29) is 29.4 Å². The van der Waals surface area contributed by atoms with E-state index in [1.165, 1.54) is 19.3 Å². The van der Waals surface area contributed by atoms with Crippen molar-refractivity contribution in [2.75, 3.05) is 0 Å². The summed E-state index contributed by atoms with van der Waals surface area (Å²) in [4.78, 5) is 12.3. The zero-order valence-corrected chi connectivity index (χ0v) is 13.9. The molecule has 0 atom stereocenters. The van der Waals surface area contributed by atoms with Crippen LogP contribution in [0.4, 0.5) is 0 Å². The Balaban J connectivity index is 0.00000180. The van der Waals surface area contributed by atoms with Crippen molar-refractivity contribution in [3.63, 3.8) is 0 Å². The maximum Gasteiger partial charge on any atom is 1.00 e. The monoisotopic (exact) mass is 328 g/mol. The van der Waals surface area contributed by atoms with E-state index < -0.39 is 0 Å². The molecule has 0 aromatic heterocycles. The van der Waals surface area contributed by atoms with Gasteiger partial charge >= 0.3 is 18.9 Å². The topological polar surface area (TPSA) is 17.1 Å². The molecule has 0 bridgehead atoms. The normalized spacial score (nSPS) is 16.6. The predicted molar refractivity (Wildman–Crippen MR) is 79.6 cm³/mol. The van der Waals surface area contributed by atoms with Crippen molar-refractivity contribution >= 4 is 48.9 Å². The number of halogens is 3. The first kappa shape index (κ1) is 17.8. The largest absolute Gasteiger partial charge is 1.00 e. The molecule has 0 saturated heterocycles. The maximum absolute atomic E-state index is 12.3. The third-order valence-corrected chi connectivity index (χ3v) is 5.59. The molecule has 2 rings (SSSR count). The smallest absolute Gasteiger partial charge is 0.456 e. The van der Waals surface area contributed by atoms with Gasteiger partial charge in [0.1, 0.15) is 0 Å². The number of carbonyl (C=O) groups excluding carboxylic acids is 1. The van der Waals surface area contributed by atoms with Crippen LogP contribution in [0.25, 0.3) is 0 Å². The van der Waals surface area contributed by atoms with Crippen LogP contribution >= 0.6 is 43.4 Å². The van der Waals surface area contributed by atoms with Gasteiger partial charge in [0.05, 0.1) is 15.1 Å². The van der Waals surface area contributed by atoms with Gasteiger partial charge in [-0.15, -0.1) is 0 Å². The van der Waals surface area contributed by atoms with Crippen LogP contribution in [0.5, 0.6) is 0 Å². The second-order valence-corrected chi connectivity index (χ2v) is 7.03. The standard InChI is InChI=1S/C13H13Cl3OP.Li/c14-9-6-7-10(15)12(16)11(9)13(17)18-8-4-2-1-3-5-8;/h6-8H,1-5H2;/q-1;+1. The van der Waals surface area contributed by atoms with Crippen molar-refractivity contribution in [1.29, 1.82) is 0 Å². The molecule has 0 heterocycles. The summed E-state index contributed by atoms with van der Waals surface area (Å²) in [5.74, 6) is 0. The number of carbonyl (C=O) groups is 1. The van der Waals surface area contributed by atoms with Crippen LogP contribution in [0.1, 0.15) is 42.5 Å². The fourth-order valence-electron chi connectivity index (χ4n) is 2.16. The predicted octanol–water partition coefficient (Wildman–Crippen LogP) is 3.07. The van der Waals surface area contributed by atoms with Crippen molar-refractivity contribution in [2.24, 2.45) is 0 Å². The van der Waals surface area contributed by atoms with Crippen LogP contribution in [0.3, 0.4) is 0 Å². The van der Waals surface area contributed by atoms with Gasteiger partial charge < -0.3 is 13.4 Å². The third kappa shape index (κ3) is 4.64. The van der Waals surface area contributed by atoms with E-state index in [0.717, 1.165) is 21.4 Å². The second kappa shape index (κ2) is 8.28. The summed E-state index contributed by atoms with van der Waals surface area (Å²) in [5.41, 5.74) is 0.801. The Labute approximate surface area is 142 Å². The van der Waals surface area contributed by atoms with Gasteiger partial charge in [-0.3, -0.25) is 0 Å². The zero-order chi connectivity index (χ0) is 13.1. The molecular formula is C13H13Cl3LiOP. The fraction of sp³-hybridized carbons (Fsp3) is 0.462. The van der Waals surface area contributed by atoms with E-state index in [1.807, 2.05) is 0 Å². The summed E-state index contributed by atoms with van der Waals surface area (Å²) in [6.45, 7) is 0. The third-order valence-electron chi connectivity index (χ3n) is 3.13. The van der Waals surface area contributed by atoms with Gasteiger partial charge in [0.2, 0.25) is 0 Å². The molecule has 0 N–H and O–H groups in total. The molecule has 6 heteroatoms. The molecule has 98 valence electrons. The molecule has 0 spiro atoms. The molecular weight excluding hydrogens is 316 g/mol. The first-order valence-electron chi connectivity index (χ1n) is 5.98. The number of hydrogen-bond donors (Lipinski definition) is 0. The Hall–Kier alpha value is 0.787. The van der Waals surface area contributed by atoms with Crippen LogP contribution < -0.4 is 18.9 Å². The van der Waals surface area contributed by atoms with Crippen LogP contribution in [-0.4, -0.2) is 11.2 Å². The molecule has 0 amide bonds. The van der Waals surface area contributed by atoms with E-state index in [1.54, 1.807) is 12.1 Å². The Morgan fingerprint density at radius 3 is 2.26 bits per heavy atom. The molecule has 1 aliphatic rings. The number of rotatable bonds is 3. The van der Waals surface area contributed by atoms with Gasteiger partial charge in [-0.05, 0) is 12.1 Å². The first-order chi connectivity index (χ1) is 8.59. The van der Waals surface area contributed by atoms with Crippen LogP contribution in [0.15, 0.2) is 12.1 Å². The van der Waals surface area contributed by atoms with Gasteiger partial charge in [0.25, 0.3) is 0 Å². The Kier molecular flexibility index (Phi) is 7.78. The molecule has 1 aliphatic carbocycles. The Bertz CT molecular complexity index is 461. The summed E-state index contributed by atoms with van der Waals surface area (Å²) in [5, 5.41) is 1.04.